The topological polar surface area (TPSA) is 15.3 Å². The molecule has 0 spiro atoms. The van der Waals surface area contributed by atoms with Gasteiger partial charge in [-0.3, -0.25) is 0 Å². The molecule has 1 heterocycles. The molecule has 1 aliphatic rings. The summed E-state index contributed by atoms with van der Waals surface area (Å²) in [6, 6.07) is 7.29. The minimum atomic E-state index is 0.527. The molecule has 100 valence electrons. The Kier molecular flexibility index (Phi) is 5.07. The minimum absolute atomic E-state index is 0.527. The molecule has 1 aromatic carbocycles. The van der Waals surface area contributed by atoms with Gasteiger partial charge in [-0.1, -0.05) is 35.8 Å². The van der Waals surface area contributed by atoms with Crippen LogP contribution in [0.15, 0.2) is 22.7 Å². The number of nitrogens with one attached hydrogen (secondary N) is 1. The van der Waals surface area contributed by atoms with Crippen molar-refractivity contribution >= 4 is 21.6 Å². The van der Waals surface area contributed by atoms with Crippen molar-refractivity contribution in [2.24, 2.45) is 0 Å². The molecular formula is C15H23BrN2. The van der Waals surface area contributed by atoms with Crippen molar-refractivity contribution in [3.8, 4) is 0 Å². The van der Waals surface area contributed by atoms with Crippen molar-refractivity contribution in [1.29, 1.82) is 0 Å². The van der Waals surface area contributed by atoms with Gasteiger partial charge in [-0.05, 0) is 37.0 Å². The fourth-order valence-corrected chi connectivity index (χ4v) is 2.85. The maximum atomic E-state index is 3.70. The van der Waals surface area contributed by atoms with Gasteiger partial charge in [0.15, 0.2) is 0 Å². The zero-order chi connectivity index (χ0) is 13.0. The van der Waals surface area contributed by atoms with Crippen LogP contribution in [0.2, 0.25) is 0 Å². The lowest BCUT2D eigenvalue weighted by atomic mass is 10.1. The average Bonchev–Trinajstić information content (AvgIpc) is 2.38. The number of hydrogen-bond donors (Lipinski definition) is 1. The summed E-state index contributed by atoms with van der Waals surface area (Å²) < 4.78 is 1.22. The molecule has 1 aliphatic heterocycles. The summed E-state index contributed by atoms with van der Waals surface area (Å²) in [4.78, 5) is 2.49. The van der Waals surface area contributed by atoms with Gasteiger partial charge in [-0.2, -0.15) is 0 Å². The fraction of sp³-hybridized carbons (Fsp3) is 0.600. The summed E-state index contributed by atoms with van der Waals surface area (Å²) in [5.74, 6) is 0. The van der Waals surface area contributed by atoms with Gasteiger partial charge in [0, 0.05) is 35.8 Å². The van der Waals surface area contributed by atoms with Crippen LogP contribution < -0.4 is 10.2 Å². The Bertz CT molecular complexity index is 384. The Morgan fingerprint density at radius 3 is 2.56 bits per heavy atom. The highest BCUT2D eigenvalue weighted by Gasteiger charge is 2.12. The Hall–Kier alpha value is -0.540. The normalized spacial score (nSPS) is 16.3. The molecular weight excluding hydrogens is 288 g/mol. The van der Waals surface area contributed by atoms with E-state index in [4.69, 9.17) is 0 Å². The molecule has 0 atom stereocenters. The molecule has 2 rings (SSSR count). The van der Waals surface area contributed by atoms with Gasteiger partial charge in [0.05, 0.1) is 0 Å². The second-order valence-electron chi connectivity index (χ2n) is 5.36. The summed E-state index contributed by atoms with van der Waals surface area (Å²) in [5.41, 5.74) is 2.69. The van der Waals surface area contributed by atoms with E-state index in [1.165, 1.54) is 48.1 Å². The van der Waals surface area contributed by atoms with Crippen molar-refractivity contribution in [3.05, 3.63) is 28.2 Å². The highest BCUT2D eigenvalue weighted by Crippen LogP contribution is 2.26. The molecule has 1 aromatic rings. The van der Waals surface area contributed by atoms with Crippen LogP contribution >= 0.6 is 15.9 Å². The van der Waals surface area contributed by atoms with Gasteiger partial charge in [0.1, 0.15) is 0 Å². The lowest BCUT2D eigenvalue weighted by molar-refractivity contribution is 0.576. The highest BCUT2D eigenvalue weighted by atomic mass is 79.9. The molecule has 0 radical (unpaired) electrons. The van der Waals surface area contributed by atoms with E-state index in [9.17, 15) is 0 Å². The number of nitrogens with zero attached hydrogens (tertiary/aromatic N) is 1. The number of anilines is 1. The summed E-state index contributed by atoms with van der Waals surface area (Å²) in [6.45, 7) is 7.69. The molecule has 18 heavy (non-hydrogen) atoms. The number of hydrogen-bond acceptors (Lipinski definition) is 2. The smallest absolute Gasteiger partial charge is 0.0377 e. The van der Waals surface area contributed by atoms with Crippen molar-refractivity contribution in [2.45, 2.75) is 45.7 Å². The van der Waals surface area contributed by atoms with Crippen LogP contribution in [0.3, 0.4) is 0 Å². The van der Waals surface area contributed by atoms with Crippen LogP contribution in [-0.2, 0) is 6.54 Å². The van der Waals surface area contributed by atoms with Crippen LogP contribution in [-0.4, -0.2) is 19.1 Å². The molecule has 3 heteroatoms. The van der Waals surface area contributed by atoms with Gasteiger partial charge in [-0.25, -0.2) is 0 Å². The first kappa shape index (κ1) is 13.9. The van der Waals surface area contributed by atoms with E-state index in [1.807, 2.05) is 0 Å². The largest absolute Gasteiger partial charge is 0.372 e. The van der Waals surface area contributed by atoms with Crippen LogP contribution in [0, 0.1) is 0 Å². The van der Waals surface area contributed by atoms with Gasteiger partial charge >= 0.3 is 0 Å². The van der Waals surface area contributed by atoms with Gasteiger partial charge < -0.3 is 10.2 Å². The molecule has 1 N–H and O–H groups in total. The standard InChI is InChI=1S/C15H23BrN2/c1-12(2)17-11-13-6-7-14(10-15(13)16)18-8-4-3-5-9-18/h6-7,10,12,17H,3-5,8-9,11H2,1-2H3. The zero-order valence-corrected chi connectivity index (χ0v) is 13.0. The molecule has 0 amide bonds. The summed E-state index contributed by atoms with van der Waals surface area (Å²) in [5, 5.41) is 3.46. The predicted octanol–water partition coefficient (Wildman–Crippen LogP) is 3.94. The molecule has 1 saturated heterocycles. The lowest BCUT2D eigenvalue weighted by Crippen LogP contribution is -2.29. The van der Waals surface area contributed by atoms with Crippen molar-refractivity contribution in [1.82, 2.24) is 5.32 Å². The van der Waals surface area contributed by atoms with E-state index in [0.717, 1.165) is 6.54 Å². The Balaban J connectivity index is 2.04. The Morgan fingerprint density at radius 2 is 1.94 bits per heavy atom. The third-order valence-electron chi connectivity index (χ3n) is 3.46. The molecule has 0 unspecified atom stereocenters. The Labute approximate surface area is 119 Å². The van der Waals surface area contributed by atoms with E-state index >= 15 is 0 Å². The first-order valence-corrected chi connectivity index (χ1v) is 7.73. The second-order valence-corrected chi connectivity index (χ2v) is 6.21. The van der Waals surface area contributed by atoms with E-state index in [-0.39, 0.29) is 0 Å². The maximum Gasteiger partial charge on any atom is 0.0377 e. The third kappa shape index (κ3) is 3.72. The number of halogens is 1. The molecule has 0 aliphatic carbocycles. The van der Waals surface area contributed by atoms with Crippen LogP contribution in [0.25, 0.3) is 0 Å². The third-order valence-corrected chi connectivity index (χ3v) is 4.20. The summed E-state index contributed by atoms with van der Waals surface area (Å²) >= 11 is 3.70. The zero-order valence-electron chi connectivity index (χ0n) is 11.4. The highest BCUT2D eigenvalue weighted by molar-refractivity contribution is 9.10. The predicted molar refractivity (Wildman–Crippen MR) is 82.2 cm³/mol. The monoisotopic (exact) mass is 310 g/mol. The molecule has 2 nitrogen and oxygen atoms in total. The number of rotatable bonds is 4. The van der Waals surface area contributed by atoms with Crippen LogP contribution in [0.4, 0.5) is 5.69 Å². The Morgan fingerprint density at radius 1 is 1.22 bits per heavy atom. The molecule has 1 fully saturated rings. The van der Waals surface area contributed by atoms with E-state index in [2.05, 4.69) is 58.2 Å². The lowest BCUT2D eigenvalue weighted by Gasteiger charge is -2.29. The van der Waals surface area contributed by atoms with E-state index < -0.39 is 0 Å². The first-order valence-electron chi connectivity index (χ1n) is 6.93. The quantitative estimate of drug-likeness (QED) is 0.906. The van der Waals surface area contributed by atoms with Gasteiger partial charge in [0.25, 0.3) is 0 Å². The number of benzene rings is 1. The van der Waals surface area contributed by atoms with E-state index in [1.54, 1.807) is 0 Å². The summed E-state index contributed by atoms with van der Waals surface area (Å²) in [7, 11) is 0. The van der Waals surface area contributed by atoms with Gasteiger partial charge in [-0.15, -0.1) is 0 Å². The van der Waals surface area contributed by atoms with Crippen LogP contribution in [0.1, 0.15) is 38.7 Å². The first-order chi connectivity index (χ1) is 8.66. The SMILES string of the molecule is CC(C)NCc1ccc(N2CCCCC2)cc1Br. The van der Waals surface area contributed by atoms with Crippen molar-refractivity contribution in [2.75, 3.05) is 18.0 Å². The fourth-order valence-electron chi connectivity index (χ4n) is 2.34. The summed E-state index contributed by atoms with van der Waals surface area (Å²) in [6.07, 6.45) is 4.04. The second kappa shape index (κ2) is 6.58. The van der Waals surface area contributed by atoms with Crippen molar-refractivity contribution in [3.63, 3.8) is 0 Å². The number of piperidine rings is 1. The molecule has 0 bridgehead atoms. The van der Waals surface area contributed by atoms with Gasteiger partial charge in [0.2, 0.25) is 0 Å². The minimum Gasteiger partial charge on any atom is -0.372 e. The van der Waals surface area contributed by atoms with Crippen LogP contribution in [0.5, 0.6) is 0 Å². The average molecular weight is 311 g/mol. The maximum absolute atomic E-state index is 3.70. The van der Waals surface area contributed by atoms with E-state index in [0.29, 0.717) is 6.04 Å². The van der Waals surface area contributed by atoms with Crippen molar-refractivity contribution < 1.29 is 0 Å². The molecule has 0 aromatic heterocycles. The molecule has 0 saturated carbocycles.